The maximum Gasteiger partial charge on any atom is 0.417 e. The Morgan fingerprint density at radius 3 is 2.73 bits per heavy atom. The fraction of sp³-hybridized carbons (Fsp3) is 0.444. The van der Waals surface area contributed by atoms with E-state index in [1.54, 1.807) is 0 Å². The number of rotatable bonds is 6. The topological polar surface area (TPSA) is 46.6 Å². The van der Waals surface area contributed by atoms with Gasteiger partial charge in [0.1, 0.15) is 12.6 Å². The van der Waals surface area contributed by atoms with Gasteiger partial charge in [-0.2, -0.15) is 0 Å². The fourth-order valence-electron chi connectivity index (χ4n) is 2.66. The van der Waals surface area contributed by atoms with Crippen molar-refractivity contribution in [1.29, 1.82) is 0 Å². The molecule has 2 atom stereocenters. The lowest BCUT2D eigenvalue weighted by atomic mass is 9.99. The second kappa shape index (κ2) is 7.25. The van der Waals surface area contributed by atoms with Crippen LogP contribution in [-0.4, -0.2) is 23.5 Å². The Hall–Kier alpha value is -2.10. The highest BCUT2D eigenvalue weighted by Gasteiger charge is 2.40. The van der Waals surface area contributed by atoms with Gasteiger partial charge < -0.3 is 4.74 Å². The van der Waals surface area contributed by atoms with Crippen LogP contribution in [0.4, 0.5) is 4.79 Å². The summed E-state index contributed by atoms with van der Waals surface area (Å²) in [6.45, 7) is 7.95. The molecule has 0 N–H and O–H groups in total. The van der Waals surface area contributed by atoms with E-state index in [4.69, 9.17) is 4.74 Å². The molecule has 0 aromatic heterocycles. The molecule has 1 aromatic carbocycles. The molecule has 1 aliphatic heterocycles. The zero-order valence-electron chi connectivity index (χ0n) is 13.2. The van der Waals surface area contributed by atoms with Crippen molar-refractivity contribution in [2.75, 3.05) is 6.61 Å². The second-order valence-electron chi connectivity index (χ2n) is 5.96. The molecule has 1 saturated heterocycles. The molecule has 0 unspecified atom stereocenters. The van der Waals surface area contributed by atoms with Crippen LogP contribution >= 0.6 is 0 Å². The number of allylic oxidation sites excluding steroid dienone is 1. The zero-order chi connectivity index (χ0) is 16.1. The summed E-state index contributed by atoms with van der Waals surface area (Å²) in [4.78, 5) is 25.9. The lowest BCUT2D eigenvalue weighted by Gasteiger charge is -2.23. The average molecular weight is 301 g/mol. The number of benzene rings is 1. The third-order valence-electron chi connectivity index (χ3n) is 3.96. The average Bonchev–Trinajstić information content (AvgIpc) is 2.88. The summed E-state index contributed by atoms with van der Waals surface area (Å²) in [7, 11) is 0. The number of cyclic esters (lactones) is 1. The van der Waals surface area contributed by atoms with Crippen LogP contribution in [0.1, 0.15) is 44.7 Å². The van der Waals surface area contributed by atoms with Gasteiger partial charge in [0.25, 0.3) is 0 Å². The van der Waals surface area contributed by atoms with Crippen molar-refractivity contribution < 1.29 is 14.3 Å². The molecule has 1 heterocycles. The van der Waals surface area contributed by atoms with Gasteiger partial charge >= 0.3 is 6.09 Å². The molecular weight excluding hydrogens is 278 g/mol. The molecule has 4 nitrogen and oxygen atoms in total. The van der Waals surface area contributed by atoms with E-state index in [1.807, 2.05) is 44.2 Å². The molecule has 0 radical (unpaired) electrons. The van der Waals surface area contributed by atoms with Crippen LogP contribution in [0.25, 0.3) is 0 Å². The highest BCUT2D eigenvalue weighted by Crippen LogP contribution is 2.30. The predicted molar refractivity (Wildman–Crippen MR) is 85.2 cm³/mol. The number of hydrogen-bond acceptors (Lipinski definition) is 3. The summed E-state index contributed by atoms with van der Waals surface area (Å²) in [6.07, 6.45) is 2.02. The molecule has 0 spiro atoms. The molecule has 0 saturated carbocycles. The van der Waals surface area contributed by atoms with E-state index in [0.717, 1.165) is 30.4 Å². The Morgan fingerprint density at radius 1 is 1.41 bits per heavy atom. The van der Waals surface area contributed by atoms with Crippen LogP contribution in [-0.2, 0) is 9.53 Å². The summed E-state index contributed by atoms with van der Waals surface area (Å²) in [5.41, 5.74) is 2.04. The van der Waals surface area contributed by atoms with Gasteiger partial charge in [0.2, 0.25) is 5.91 Å². The van der Waals surface area contributed by atoms with Crippen LogP contribution < -0.4 is 0 Å². The van der Waals surface area contributed by atoms with Gasteiger partial charge in [-0.25, -0.2) is 9.69 Å². The van der Waals surface area contributed by atoms with Crippen molar-refractivity contribution in [3.05, 3.63) is 48.0 Å². The summed E-state index contributed by atoms with van der Waals surface area (Å²) in [5.74, 6) is -0.353. The molecule has 2 rings (SSSR count). The second-order valence-corrected chi connectivity index (χ2v) is 5.96. The molecule has 0 bridgehead atoms. The molecular formula is C18H23NO3. The summed E-state index contributed by atoms with van der Waals surface area (Å²) < 4.78 is 5.10. The SMILES string of the molecule is C=C(C)CCC[C@H](C)C(=O)N1C(=O)OC[C@@H]1c1ccccc1. The van der Waals surface area contributed by atoms with Crippen molar-refractivity contribution in [1.82, 2.24) is 4.90 Å². The lowest BCUT2D eigenvalue weighted by molar-refractivity contribution is -0.133. The first-order chi connectivity index (χ1) is 10.5. The van der Waals surface area contributed by atoms with Gasteiger partial charge in [-0.1, -0.05) is 42.8 Å². The highest BCUT2D eigenvalue weighted by molar-refractivity contribution is 5.94. The summed E-state index contributed by atoms with van der Waals surface area (Å²) in [5, 5.41) is 0. The minimum absolute atomic E-state index is 0.155. The van der Waals surface area contributed by atoms with Gasteiger partial charge in [-0.05, 0) is 31.7 Å². The molecule has 2 amide bonds. The van der Waals surface area contributed by atoms with Gasteiger partial charge in [0.15, 0.2) is 0 Å². The number of ether oxygens (including phenoxy) is 1. The quantitative estimate of drug-likeness (QED) is 0.743. The minimum atomic E-state index is -0.536. The monoisotopic (exact) mass is 301 g/mol. The Kier molecular flexibility index (Phi) is 5.36. The van der Waals surface area contributed by atoms with Crippen LogP contribution in [0.15, 0.2) is 42.5 Å². The highest BCUT2D eigenvalue weighted by atomic mass is 16.6. The van der Waals surface area contributed by atoms with E-state index in [9.17, 15) is 9.59 Å². The summed E-state index contributed by atoms with van der Waals surface area (Å²) in [6, 6.07) is 9.23. The smallest absolute Gasteiger partial charge is 0.417 e. The maximum atomic E-state index is 12.6. The standard InChI is InChI=1S/C18H23NO3/c1-13(2)8-7-9-14(3)17(20)19-16(12-22-18(19)21)15-10-5-4-6-11-15/h4-6,10-11,14,16H,1,7-9,12H2,2-3H3/t14-,16+/m0/s1. The molecule has 1 fully saturated rings. The fourth-order valence-corrected chi connectivity index (χ4v) is 2.66. The predicted octanol–water partition coefficient (Wildman–Crippen LogP) is 4.09. The van der Waals surface area contributed by atoms with Gasteiger partial charge in [-0.3, -0.25) is 4.79 Å². The Bertz CT molecular complexity index is 553. The molecule has 0 aliphatic carbocycles. The third-order valence-corrected chi connectivity index (χ3v) is 3.96. The zero-order valence-corrected chi connectivity index (χ0v) is 13.2. The van der Waals surface area contributed by atoms with Crippen molar-refractivity contribution in [2.45, 2.75) is 39.2 Å². The minimum Gasteiger partial charge on any atom is -0.446 e. The number of nitrogens with zero attached hydrogens (tertiary/aromatic N) is 1. The van der Waals surface area contributed by atoms with Crippen molar-refractivity contribution in [2.24, 2.45) is 5.92 Å². The first-order valence-corrected chi connectivity index (χ1v) is 7.70. The van der Waals surface area contributed by atoms with E-state index < -0.39 is 6.09 Å². The van der Waals surface area contributed by atoms with Crippen molar-refractivity contribution in [3.63, 3.8) is 0 Å². The number of imide groups is 1. The number of amides is 2. The Morgan fingerprint density at radius 2 is 2.09 bits per heavy atom. The first kappa shape index (κ1) is 16.3. The molecule has 22 heavy (non-hydrogen) atoms. The number of carbonyl (C=O) groups excluding carboxylic acids is 2. The largest absolute Gasteiger partial charge is 0.446 e. The van der Waals surface area contributed by atoms with E-state index in [-0.39, 0.29) is 24.5 Å². The van der Waals surface area contributed by atoms with Crippen LogP contribution in [0, 0.1) is 5.92 Å². The maximum absolute atomic E-state index is 12.6. The summed E-state index contributed by atoms with van der Waals surface area (Å²) >= 11 is 0. The molecule has 1 aromatic rings. The van der Waals surface area contributed by atoms with Crippen molar-refractivity contribution >= 4 is 12.0 Å². The van der Waals surface area contributed by atoms with E-state index in [1.165, 1.54) is 4.90 Å². The van der Waals surface area contributed by atoms with Crippen LogP contribution in [0.3, 0.4) is 0 Å². The van der Waals surface area contributed by atoms with E-state index >= 15 is 0 Å². The lowest BCUT2D eigenvalue weighted by Crippen LogP contribution is -2.37. The van der Waals surface area contributed by atoms with E-state index in [0.29, 0.717) is 0 Å². The first-order valence-electron chi connectivity index (χ1n) is 7.70. The third kappa shape index (κ3) is 3.75. The van der Waals surface area contributed by atoms with Gasteiger partial charge in [-0.15, -0.1) is 6.58 Å². The molecule has 118 valence electrons. The normalized spacial score (nSPS) is 18.9. The van der Waals surface area contributed by atoms with Gasteiger partial charge in [0.05, 0.1) is 0 Å². The molecule has 1 aliphatic rings. The van der Waals surface area contributed by atoms with Crippen molar-refractivity contribution in [3.8, 4) is 0 Å². The Labute approximate surface area is 131 Å². The van der Waals surface area contributed by atoms with Gasteiger partial charge in [0, 0.05) is 5.92 Å². The van der Waals surface area contributed by atoms with E-state index in [2.05, 4.69) is 6.58 Å². The number of carbonyl (C=O) groups is 2. The molecule has 4 heteroatoms. The van der Waals surface area contributed by atoms with Crippen LogP contribution in [0.5, 0.6) is 0 Å². The Balaban J connectivity index is 2.05. The van der Waals surface area contributed by atoms with Crippen LogP contribution in [0.2, 0.25) is 0 Å². The number of hydrogen-bond donors (Lipinski definition) is 0.